The smallest absolute Gasteiger partial charge is 0.403 e. The largest absolute Gasteiger partial charge is 0.463 e. The molecule has 2 saturated heterocycles. The van der Waals surface area contributed by atoms with E-state index in [1.807, 2.05) is 49.1 Å². The van der Waals surface area contributed by atoms with Crippen molar-refractivity contribution in [2.24, 2.45) is 0 Å². The van der Waals surface area contributed by atoms with Crippen molar-refractivity contribution >= 4 is 13.0 Å². The van der Waals surface area contributed by atoms with Crippen molar-refractivity contribution in [3.8, 4) is 0 Å². The standard InChI is InChI=1S/C21H32BNO4/c1-15(2)25-18(16-10-8-7-9-11-16)19(24)23-13-12-17(14-23)22-26-20(3,4)21(5,6)27-22/h7-11,15,17-18H,12-14H2,1-6H3. The molecule has 0 saturated carbocycles. The van der Waals surface area contributed by atoms with Crippen molar-refractivity contribution in [1.29, 1.82) is 0 Å². The van der Waals surface area contributed by atoms with E-state index in [0.717, 1.165) is 12.0 Å². The van der Waals surface area contributed by atoms with Gasteiger partial charge in [0.2, 0.25) is 0 Å². The minimum Gasteiger partial charge on any atom is -0.403 e. The first kappa shape index (κ1) is 20.4. The zero-order valence-electron chi connectivity index (χ0n) is 17.4. The zero-order chi connectivity index (χ0) is 19.8. The number of ether oxygens (including phenoxy) is 1. The van der Waals surface area contributed by atoms with E-state index in [9.17, 15) is 4.79 Å². The average molecular weight is 373 g/mol. The van der Waals surface area contributed by atoms with Crippen molar-refractivity contribution in [3.05, 3.63) is 35.9 Å². The van der Waals surface area contributed by atoms with Crippen LogP contribution in [0.2, 0.25) is 5.82 Å². The third-order valence-corrected chi connectivity index (χ3v) is 5.93. The molecule has 0 aliphatic carbocycles. The number of amides is 1. The van der Waals surface area contributed by atoms with E-state index >= 15 is 0 Å². The van der Waals surface area contributed by atoms with Crippen molar-refractivity contribution in [3.63, 3.8) is 0 Å². The van der Waals surface area contributed by atoms with Crippen molar-refractivity contribution in [1.82, 2.24) is 4.90 Å². The fourth-order valence-electron chi connectivity index (χ4n) is 3.64. The lowest BCUT2D eigenvalue weighted by atomic mass is 9.71. The highest BCUT2D eigenvalue weighted by Gasteiger charge is 2.55. The van der Waals surface area contributed by atoms with Gasteiger partial charge >= 0.3 is 7.12 Å². The molecule has 1 aromatic rings. The molecular formula is C21H32BNO4. The monoisotopic (exact) mass is 373 g/mol. The molecule has 2 atom stereocenters. The maximum Gasteiger partial charge on any atom is 0.463 e. The Kier molecular flexibility index (Phi) is 5.71. The maximum absolute atomic E-state index is 13.2. The van der Waals surface area contributed by atoms with Crippen LogP contribution in [0.25, 0.3) is 0 Å². The third-order valence-electron chi connectivity index (χ3n) is 5.93. The number of benzene rings is 1. The Balaban J connectivity index is 1.69. The van der Waals surface area contributed by atoms with Gasteiger partial charge in [0.15, 0.2) is 6.10 Å². The first-order valence-electron chi connectivity index (χ1n) is 9.95. The third kappa shape index (κ3) is 4.23. The molecule has 0 N–H and O–H groups in total. The molecule has 2 aliphatic heterocycles. The second-order valence-corrected chi connectivity index (χ2v) is 8.93. The van der Waals surface area contributed by atoms with Crippen LogP contribution < -0.4 is 0 Å². The van der Waals surface area contributed by atoms with Gasteiger partial charge in [-0.1, -0.05) is 30.3 Å². The maximum atomic E-state index is 13.2. The molecule has 5 nitrogen and oxygen atoms in total. The number of likely N-dealkylation sites (tertiary alicyclic amines) is 1. The van der Waals surface area contributed by atoms with Crippen LogP contribution in [0, 0.1) is 0 Å². The summed E-state index contributed by atoms with van der Waals surface area (Å²) < 4.78 is 18.4. The molecule has 2 fully saturated rings. The second kappa shape index (κ2) is 7.57. The van der Waals surface area contributed by atoms with E-state index in [2.05, 4.69) is 27.7 Å². The van der Waals surface area contributed by atoms with Gasteiger partial charge in [0.05, 0.1) is 17.3 Å². The lowest BCUT2D eigenvalue weighted by molar-refractivity contribution is -0.146. The summed E-state index contributed by atoms with van der Waals surface area (Å²) in [5, 5.41) is 0. The second-order valence-electron chi connectivity index (χ2n) is 8.93. The van der Waals surface area contributed by atoms with Crippen LogP contribution in [-0.2, 0) is 18.8 Å². The van der Waals surface area contributed by atoms with E-state index in [0.29, 0.717) is 13.1 Å². The molecular weight excluding hydrogens is 341 g/mol. The average Bonchev–Trinajstić information content (AvgIpc) is 3.16. The Bertz CT molecular complexity index is 645. The Hall–Kier alpha value is -1.37. The number of hydrogen-bond acceptors (Lipinski definition) is 4. The number of carbonyl (C=O) groups excluding carboxylic acids is 1. The number of nitrogens with zero attached hydrogens (tertiary/aromatic N) is 1. The molecule has 0 bridgehead atoms. The predicted molar refractivity (Wildman–Crippen MR) is 106 cm³/mol. The van der Waals surface area contributed by atoms with Crippen LogP contribution in [0.1, 0.15) is 59.6 Å². The number of carbonyl (C=O) groups is 1. The summed E-state index contributed by atoms with van der Waals surface area (Å²) >= 11 is 0. The summed E-state index contributed by atoms with van der Waals surface area (Å²) in [5.74, 6) is 0.208. The topological polar surface area (TPSA) is 48.0 Å². The quantitative estimate of drug-likeness (QED) is 0.736. The van der Waals surface area contributed by atoms with Gasteiger partial charge in [0, 0.05) is 18.9 Å². The van der Waals surface area contributed by atoms with Crippen LogP contribution in [0.3, 0.4) is 0 Å². The molecule has 27 heavy (non-hydrogen) atoms. The van der Waals surface area contributed by atoms with E-state index in [1.54, 1.807) is 0 Å². The summed E-state index contributed by atoms with van der Waals surface area (Å²) in [5.41, 5.74) is 0.209. The fraction of sp³-hybridized carbons (Fsp3) is 0.667. The Morgan fingerprint density at radius 1 is 1.15 bits per heavy atom. The number of hydrogen-bond donors (Lipinski definition) is 0. The lowest BCUT2D eigenvalue weighted by Crippen LogP contribution is -2.41. The van der Waals surface area contributed by atoms with E-state index in [1.165, 1.54) is 0 Å². The van der Waals surface area contributed by atoms with Gasteiger partial charge in [-0.25, -0.2) is 0 Å². The van der Waals surface area contributed by atoms with Crippen LogP contribution in [0.5, 0.6) is 0 Å². The highest BCUT2D eigenvalue weighted by atomic mass is 16.7. The normalized spacial score (nSPS) is 25.2. The Morgan fingerprint density at radius 3 is 2.30 bits per heavy atom. The van der Waals surface area contributed by atoms with E-state index in [-0.39, 0.29) is 36.1 Å². The first-order valence-corrected chi connectivity index (χ1v) is 9.95. The van der Waals surface area contributed by atoms with Gasteiger partial charge in [-0.15, -0.1) is 0 Å². The molecule has 2 unspecified atom stereocenters. The van der Waals surface area contributed by atoms with Gasteiger partial charge < -0.3 is 18.9 Å². The van der Waals surface area contributed by atoms with Crippen molar-refractivity contribution in [2.45, 2.75) is 77.2 Å². The van der Waals surface area contributed by atoms with Gasteiger partial charge in [0.25, 0.3) is 5.91 Å². The van der Waals surface area contributed by atoms with E-state index in [4.69, 9.17) is 14.0 Å². The fourth-order valence-corrected chi connectivity index (χ4v) is 3.64. The summed E-state index contributed by atoms with van der Waals surface area (Å²) in [6, 6.07) is 9.73. The summed E-state index contributed by atoms with van der Waals surface area (Å²) in [7, 11) is -0.269. The van der Waals surface area contributed by atoms with Crippen molar-refractivity contribution in [2.75, 3.05) is 13.1 Å². The van der Waals surface area contributed by atoms with Crippen LogP contribution >= 0.6 is 0 Å². The van der Waals surface area contributed by atoms with Crippen LogP contribution in [0.15, 0.2) is 30.3 Å². The summed E-state index contributed by atoms with van der Waals surface area (Å²) in [6.45, 7) is 13.5. The molecule has 0 spiro atoms. The summed E-state index contributed by atoms with van der Waals surface area (Å²) in [6.07, 6.45) is 0.287. The van der Waals surface area contributed by atoms with Gasteiger partial charge in [-0.05, 0) is 53.5 Å². The molecule has 3 rings (SSSR count). The van der Waals surface area contributed by atoms with E-state index < -0.39 is 6.10 Å². The molecule has 0 aromatic heterocycles. The highest BCUT2D eigenvalue weighted by Crippen LogP contribution is 2.42. The van der Waals surface area contributed by atoms with Crippen molar-refractivity contribution < 1.29 is 18.8 Å². The Morgan fingerprint density at radius 2 is 1.74 bits per heavy atom. The Labute approximate surface area is 163 Å². The molecule has 6 heteroatoms. The predicted octanol–water partition coefficient (Wildman–Crippen LogP) is 3.85. The zero-order valence-corrected chi connectivity index (χ0v) is 17.4. The molecule has 148 valence electrons. The minimum atomic E-state index is -0.566. The van der Waals surface area contributed by atoms with Gasteiger partial charge in [-0.3, -0.25) is 4.79 Å². The lowest BCUT2D eigenvalue weighted by Gasteiger charge is -2.32. The molecule has 0 radical (unpaired) electrons. The van der Waals surface area contributed by atoms with Crippen LogP contribution in [-0.4, -0.2) is 48.3 Å². The molecule has 1 aromatic carbocycles. The van der Waals surface area contributed by atoms with Crippen LogP contribution in [0.4, 0.5) is 0 Å². The molecule has 2 aliphatic rings. The van der Waals surface area contributed by atoms with Gasteiger partial charge in [0.1, 0.15) is 0 Å². The molecule has 1 amide bonds. The summed E-state index contributed by atoms with van der Waals surface area (Å²) in [4.78, 5) is 15.1. The number of rotatable bonds is 5. The first-order chi connectivity index (χ1) is 12.6. The highest BCUT2D eigenvalue weighted by molar-refractivity contribution is 6.47. The minimum absolute atomic E-state index is 0.0221. The SMILES string of the molecule is CC(C)OC(C(=O)N1CCC(B2OC(C)(C)C(C)(C)O2)C1)c1ccccc1. The van der Waals surface area contributed by atoms with Gasteiger partial charge in [-0.2, -0.15) is 0 Å². The molecule has 2 heterocycles.